The highest BCUT2D eigenvalue weighted by atomic mass is 32.2. The van der Waals surface area contributed by atoms with Gasteiger partial charge in [0.1, 0.15) is 0 Å². The number of hydrogen-bond donors (Lipinski definition) is 1. The van der Waals surface area contributed by atoms with Gasteiger partial charge in [-0.15, -0.1) is 0 Å². The van der Waals surface area contributed by atoms with Crippen LogP contribution in [-0.4, -0.2) is 56.0 Å². The molecule has 2 heterocycles. The van der Waals surface area contributed by atoms with Gasteiger partial charge in [-0.3, -0.25) is 4.68 Å². The van der Waals surface area contributed by atoms with E-state index in [1.165, 1.54) is 5.69 Å². The second-order valence-electron chi connectivity index (χ2n) is 8.87. The molecule has 0 radical (unpaired) electrons. The lowest BCUT2D eigenvalue weighted by Gasteiger charge is -2.34. The highest BCUT2D eigenvalue weighted by Gasteiger charge is 2.33. The summed E-state index contributed by atoms with van der Waals surface area (Å²) in [5, 5.41) is 0. The van der Waals surface area contributed by atoms with Gasteiger partial charge in [-0.05, 0) is 62.5 Å². The third-order valence-corrected chi connectivity index (χ3v) is 8.14. The van der Waals surface area contributed by atoms with Crippen LogP contribution < -0.4 is 5.43 Å². The fourth-order valence-corrected chi connectivity index (χ4v) is 6.52. The second kappa shape index (κ2) is 9.63. The van der Waals surface area contributed by atoms with Gasteiger partial charge in [0, 0.05) is 44.6 Å². The van der Waals surface area contributed by atoms with E-state index < -0.39 is 10.0 Å². The Labute approximate surface area is 170 Å². The predicted molar refractivity (Wildman–Crippen MR) is 114 cm³/mol. The molecule has 2 aliphatic rings. The van der Waals surface area contributed by atoms with Crippen molar-refractivity contribution in [2.24, 2.45) is 11.8 Å². The molecular formula is C21H37N3O3S. The summed E-state index contributed by atoms with van der Waals surface area (Å²) < 4.78 is 35.7. The third-order valence-electron chi connectivity index (χ3n) is 6.13. The van der Waals surface area contributed by atoms with Gasteiger partial charge >= 0.3 is 0 Å². The number of nitrogens with zero attached hydrogens (tertiary/aromatic N) is 2. The van der Waals surface area contributed by atoms with Crippen molar-refractivity contribution in [3.63, 3.8) is 0 Å². The highest BCUT2D eigenvalue weighted by Crippen LogP contribution is 2.36. The van der Waals surface area contributed by atoms with Crippen LogP contribution in [0.1, 0.15) is 64.0 Å². The van der Waals surface area contributed by atoms with Crippen LogP contribution in [0, 0.1) is 11.8 Å². The molecule has 1 saturated heterocycles. The van der Waals surface area contributed by atoms with E-state index in [1.807, 2.05) is 13.2 Å². The van der Waals surface area contributed by atoms with E-state index in [1.54, 1.807) is 4.31 Å². The zero-order chi connectivity index (χ0) is 20.1. The molecule has 0 spiro atoms. The Bertz CT molecular complexity index is 708. The summed E-state index contributed by atoms with van der Waals surface area (Å²) in [6.07, 6.45) is 8.05. The molecule has 2 fully saturated rings. The lowest BCUT2D eigenvalue weighted by Crippen LogP contribution is -2.45. The van der Waals surface area contributed by atoms with Crippen LogP contribution >= 0.6 is 0 Å². The van der Waals surface area contributed by atoms with E-state index in [9.17, 15) is 8.42 Å². The van der Waals surface area contributed by atoms with Crippen molar-refractivity contribution in [1.82, 2.24) is 8.98 Å². The number of nitrogens with one attached hydrogen (secondary N) is 1. The molecule has 1 N–H and O–H groups in total. The second-order valence-corrected chi connectivity index (χ2v) is 10.9. The molecule has 1 aliphatic carbocycles. The number of aromatic nitrogens is 1. The minimum Gasteiger partial charge on any atom is -0.377 e. The van der Waals surface area contributed by atoms with Crippen molar-refractivity contribution in [3.05, 3.63) is 24.0 Å². The molecule has 1 aromatic heterocycles. The van der Waals surface area contributed by atoms with Gasteiger partial charge in [0.2, 0.25) is 10.0 Å². The maximum absolute atomic E-state index is 13.0. The Morgan fingerprint density at radius 1 is 1.21 bits per heavy atom. The molecule has 1 aromatic rings. The summed E-state index contributed by atoms with van der Waals surface area (Å²) in [5.74, 6) is 1.57. The smallest absolute Gasteiger partial charge is 0.214 e. The predicted octanol–water partition coefficient (Wildman–Crippen LogP) is 3.40. The minimum atomic E-state index is -3.20. The van der Waals surface area contributed by atoms with E-state index in [0.717, 1.165) is 38.5 Å². The maximum Gasteiger partial charge on any atom is 0.214 e. The number of sulfonamides is 1. The molecule has 160 valence electrons. The molecule has 6 nitrogen and oxygen atoms in total. The zero-order valence-corrected chi connectivity index (χ0v) is 18.5. The molecular weight excluding hydrogens is 374 g/mol. The van der Waals surface area contributed by atoms with E-state index in [-0.39, 0.29) is 12.0 Å². The van der Waals surface area contributed by atoms with Crippen LogP contribution in [0.2, 0.25) is 0 Å². The van der Waals surface area contributed by atoms with E-state index >= 15 is 0 Å². The SMILES string of the molecule is CNn1cccc1C1CCC(CS(=O)(=O)N2CCCC(OCC(C)C)C2)CC1. The molecule has 28 heavy (non-hydrogen) atoms. The Morgan fingerprint density at radius 2 is 1.96 bits per heavy atom. The van der Waals surface area contributed by atoms with Crippen LogP contribution in [0.5, 0.6) is 0 Å². The highest BCUT2D eigenvalue weighted by molar-refractivity contribution is 7.89. The van der Waals surface area contributed by atoms with Gasteiger partial charge in [0.05, 0.1) is 11.9 Å². The topological polar surface area (TPSA) is 63.6 Å². The number of ether oxygens (including phenoxy) is 1. The zero-order valence-electron chi connectivity index (χ0n) is 17.6. The van der Waals surface area contributed by atoms with Crippen LogP contribution in [0.4, 0.5) is 0 Å². The molecule has 0 bridgehead atoms. The van der Waals surface area contributed by atoms with Gasteiger partial charge < -0.3 is 10.2 Å². The molecule has 1 aliphatic heterocycles. The summed E-state index contributed by atoms with van der Waals surface area (Å²) >= 11 is 0. The average molecular weight is 412 g/mol. The Kier molecular flexibility index (Phi) is 7.45. The van der Waals surface area contributed by atoms with E-state index in [2.05, 4.69) is 36.1 Å². The van der Waals surface area contributed by atoms with E-state index in [0.29, 0.717) is 37.3 Å². The molecule has 1 atom stereocenters. The average Bonchev–Trinajstić information content (AvgIpc) is 3.16. The first-order chi connectivity index (χ1) is 13.4. The first-order valence-electron chi connectivity index (χ1n) is 10.8. The number of rotatable bonds is 8. The minimum absolute atomic E-state index is 0.0518. The van der Waals surface area contributed by atoms with Crippen molar-refractivity contribution < 1.29 is 13.2 Å². The molecule has 7 heteroatoms. The molecule has 1 unspecified atom stereocenters. The van der Waals surface area contributed by atoms with E-state index in [4.69, 9.17) is 4.74 Å². The van der Waals surface area contributed by atoms with Gasteiger partial charge in [-0.2, -0.15) is 4.31 Å². The van der Waals surface area contributed by atoms with Gasteiger partial charge in [-0.25, -0.2) is 8.42 Å². The van der Waals surface area contributed by atoms with Crippen molar-refractivity contribution in [2.45, 2.75) is 64.4 Å². The lowest BCUT2D eigenvalue weighted by atomic mass is 9.81. The molecule has 1 saturated carbocycles. The van der Waals surface area contributed by atoms with Crippen LogP contribution in [0.25, 0.3) is 0 Å². The lowest BCUT2D eigenvalue weighted by molar-refractivity contribution is 0.00547. The van der Waals surface area contributed by atoms with Crippen LogP contribution in [0.15, 0.2) is 18.3 Å². The summed E-state index contributed by atoms with van der Waals surface area (Å²) in [6.45, 7) is 6.13. The Balaban J connectivity index is 1.51. The standard InChI is InChI=1S/C21H37N3O3S/c1-17(2)15-27-20-6-4-12-23(14-20)28(25,26)16-18-8-10-19(11-9-18)21-7-5-13-24(21)22-3/h5,7,13,17-20,22H,4,6,8-12,14-16H2,1-3H3. The summed E-state index contributed by atoms with van der Waals surface area (Å²) in [5.41, 5.74) is 4.50. The number of hydrogen-bond acceptors (Lipinski definition) is 4. The van der Waals surface area contributed by atoms with Crippen molar-refractivity contribution >= 4 is 10.0 Å². The van der Waals surface area contributed by atoms with Crippen LogP contribution in [-0.2, 0) is 14.8 Å². The number of piperidine rings is 1. The summed E-state index contributed by atoms with van der Waals surface area (Å²) in [4.78, 5) is 0. The van der Waals surface area contributed by atoms with Crippen LogP contribution in [0.3, 0.4) is 0 Å². The Morgan fingerprint density at radius 3 is 2.64 bits per heavy atom. The van der Waals surface area contributed by atoms with Gasteiger partial charge in [0.25, 0.3) is 0 Å². The molecule has 0 amide bonds. The van der Waals surface area contributed by atoms with Gasteiger partial charge in [0.15, 0.2) is 0 Å². The summed E-state index contributed by atoms with van der Waals surface area (Å²) in [7, 11) is -1.27. The fraction of sp³-hybridized carbons (Fsp3) is 0.810. The monoisotopic (exact) mass is 411 g/mol. The first kappa shape index (κ1) is 21.7. The fourth-order valence-electron chi connectivity index (χ4n) is 4.58. The molecule has 0 aromatic carbocycles. The normalized spacial score (nSPS) is 27.2. The van der Waals surface area contributed by atoms with Crippen molar-refractivity contribution in [2.75, 3.05) is 37.9 Å². The van der Waals surface area contributed by atoms with Gasteiger partial charge in [-0.1, -0.05) is 13.8 Å². The largest absolute Gasteiger partial charge is 0.377 e. The third kappa shape index (κ3) is 5.51. The van der Waals surface area contributed by atoms with Crippen molar-refractivity contribution in [1.29, 1.82) is 0 Å². The summed E-state index contributed by atoms with van der Waals surface area (Å²) in [6, 6.07) is 4.24. The quantitative estimate of drug-likeness (QED) is 0.712. The Hall–Kier alpha value is -1.05. The maximum atomic E-state index is 13.0. The molecule has 3 rings (SSSR count). The first-order valence-corrected chi connectivity index (χ1v) is 12.4. The van der Waals surface area contributed by atoms with Crippen molar-refractivity contribution in [3.8, 4) is 0 Å².